The Morgan fingerprint density at radius 2 is 1.20 bits per heavy atom. The summed E-state index contributed by atoms with van der Waals surface area (Å²) in [5.41, 5.74) is 6.63. The van der Waals surface area contributed by atoms with E-state index in [2.05, 4.69) is 45.2 Å². The predicted octanol–water partition coefficient (Wildman–Crippen LogP) is 3.07. The van der Waals surface area contributed by atoms with Gasteiger partial charge in [-0.3, -0.25) is 27.4 Å². The van der Waals surface area contributed by atoms with E-state index in [-0.39, 0.29) is 23.8 Å². The number of aryl methyl sites for hydroxylation is 7. The van der Waals surface area contributed by atoms with E-state index in [1.165, 1.54) is 0 Å². The van der Waals surface area contributed by atoms with Crippen LogP contribution in [0.2, 0.25) is 0 Å². The van der Waals surface area contributed by atoms with Crippen molar-refractivity contribution in [3.63, 3.8) is 0 Å². The average Bonchev–Trinajstić information content (AvgIpc) is 4.29. The molecule has 6 aromatic heterocycles. The molecule has 12 heterocycles. The van der Waals surface area contributed by atoms with Gasteiger partial charge in [-0.2, -0.15) is 20.2 Å². The number of imidazole rings is 2. The van der Waals surface area contributed by atoms with Crippen molar-refractivity contribution >= 4 is 56.8 Å². The van der Waals surface area contributed by atoms with Gasteiger partial charge in [-0.25, -0.2) is 19.9 Å². The van der Waals surface area contributed by atoms with Crippen molar-refractivity contribution in [3.05, 3.63) is 81.7 Å². The number of nitrogens with one attached hydrogen (secondary N) is 2. The van der Waals surface area contributed by atoms with Crippen LogP contribution in [0.1, 0.15) is 98.6 Å². The molecule has 398 valence electrons. The number of hydrogen-bond donors (Lipinski definition) is 2. The summed E-state index contributed by atoms with van der Waals surface area (Å²) in [6, 6.07) is 0.497. The molecule has 6 aliphatic heterocycles. The fourth-order valence-electron chi connectivity index (χ4n) is 10.6. The molecule has 2 unspecified atom stereocenters. The zero-order valence-electron chi connectivity index (χ0n) is 43.3. The molecule has 2 saturated heterocycles. The molecular weight excluding hydrogens is 999 g/mol. The number of anilines is 4. The van der Waals surface area contributed by atoms with E-state index in [9.17, 15) is 18.0 Å². The van der Waals surface area contributed by atoms with Crippen LogP contribution >= 0.6 is 0 Å². The van der Waals surface area contributed by atoms with Crippen LogP contribution in [0.4, 0.5) is 23.5 Å². The minimum absolute atomic E-state index is 0.0379. The fourth-order valence-corrected chi connectivity index (χ4v) is 13.2. The number of amides is 1. The van der Waals surface area contributed by atoms with Crippen LogP contribution in [0.3, 0.4) is 0 Å². The maximum Gasteiger partial charge on any atom is 0.274 e. The van der Waals surface area contributed by atoms with Gasteiger partial charge >= 0.3 is 0 Å². The highest BCUT2D eigenvalue weighted by Gasteiger charge is 2.33. The van der Waals surface area contributed by atoms with Crippen molar-refractivity contribution in [2.24, 2.45) is 14.1 Å². The van der Waals surface area contributed by atoms with E-state index >= 15 is 0 Å². The van der Waals surface area contributed by atoms with Crippen molar-refractivity contribution in [2.75, 3.05) is 78.5 Å². The highest BCUT2D eigenvalue weighted by molar-refractivity contribution is 7.85. The van der Waals surface area contributed by atoms with Crippen LogP contribution in [-0.2, 0) is 97.2 Å². The number of rotatable bonds is 13. The predicted molar refractivity (Wildman–Crippen MR) is 280 cm³/mol. The topological polar surface area (TPSA) is 243 Å². The van der Waals surface area contributed by atoms with Gasteiger partial charge in [0.15, 0.2) is 5.78 Å². The van der Waals surface area contributed by atoms with E-state index in [4.69, 9.17) is 29.4 Å². The van der Waals surface area contributed by atoms with Crippen LogP contribution in [0.15, 0.2) is 34.6 Å². The molecule has 0 radical (unpaired) electrons. The van der Waals surface area contributed by atoms with Gasteiger partial charge in [-0.05, 0) is 57.1 Å². The Labute approximate surface area is 440 Å². The molecule has 75 heavy (non-hydrogen) atoms. The van der Waals surface area contributed by atoms with E-state index in [0.717, 1.165) is 94.2 Å². The molecule has 2 N–H and O–H groups in total. The molecule has 0 aromatic carbocycles. The number of nitrogens with zero attached hydrogens (tertiary/aromatic N) is 15. The Kier molecular flexibility index (Phi) is 14.6. The maximum atomic E-state index is 13.2. The Hall–Kier alpha value is -6.44. The van der Waals surface area contributed by atoms with Crippen LogP contribution in [0.25, 0.3) is 0 Å². The lowest BCUT2D eigenvalue weighted by molar-refractivity contribution is 0.0777. The summed E-state index contributed by atoms with van der Waals surface area (Å²) in [5, 5.41) is 15.9. The third-order valence-corrected chi connectivity index (χ3v) is 17.7. The SMILES string of the molecule is Cc1cn(C)nc1CN(C)C(=O)c1cn2c(n1)CN(c1nc3c(c(NC4CCOCC4)n1)S(=O)CC3)CC2.Cc1nn(C)cc1CCC(=O)c1cn2c(n1)CN(c1nc3c(c(NC4CCOCC4)n1)S(=O)CC3)CC2. The summed E-state index contributed by atoms with van der Waals surface area (Å²) in [5.74, 6) is 5.32. The zero-order chi connectivity index (χ0) is 51.9. The Balaban J connectivity index is 0.000000161. The number of Topliss-reactive ketones (excluding diaryl/α,β-unsaturated/α-hetero) is 1. The standard InChI is InChI=1S/C25H33N9O3S.C25H32N8O3S/c1-16-12-32(3)30-19(16)13-31(2)24(35)20-14-33-7-8-34(15-21(33)27-20)25-28-18-6-11-38(36)22(18)23(29-25)26-17-4-9-37-10-5-17;1-16-17(13-31(2)30-16)3-4-21(34)20-14-32-8-9-33(15-22(32)27-20)25-28-19-7-12-37(35)23(19)24(29-25)26-18-5-10-36-11-6-18/h12,14,17H,4-11,13,15H2,1-3H3,(H,26,28,29);13-14,18H,3-12,15H2,1-2H3,(H,26,28,29). The number of aromatic nitrogens is 12. The molecule has 1 amide bonds. The van der Waals surface area contributed by atoms with Crippen molar-refractivity contribution in [3.8, 4) is 0 Å². The van der Waals surface area contributed by atoms with Crippen LogP contribution in [0.5, 0.6) is 0 Å². The molecule has 12 rings (SSSR count). The molecule has 2 fully saturated rings. The van der Waals surface area contributed by atoms with E-state index in [1.807, 2.05) is 57.3 Å². The normalized spacial score (nSPS) is 19.5. The molecule has 6 aliphatic rings. The largest absolute Gasteiger partial charge is 0.381 e. The first-order valence-electron chi connectivity index (χ1n) is 26.0. The summed E-state index contributed by atoms with van der Waals surface area (Å²) in [4.78, 5) is 62.1. The fraction of sp³-hybridized carbons (Fsp3) is 0.560. The van der Waals surface area contributed by atoms with E-state index in [0.29, 0.717) is 131 Å². The quantitative estimate of drug-likeness (QED) is 0.158. The number of fused-ring (bicyclic) bond motifs is 4. The second kappa shape index (κ2) is 21.7. The van der Waals surface area contributed by atoms with Gasteiger partial charge in [-0.1, -0.05) is 0 Å². The summed E-state index contributed by atoms with van der Waals surface area (Å²) in [7, 11) is 3.38. The molecule has 6 aromatic rings. The van der Waals surface area contributed by atoms with Crippen LogP contribution in [0, 0.1) is 13.8 Å². The summed E-state index contributed by atoms with van der Waals surface area (Å²) < 4.78 is 44.1. The lowest BCUT2D eigenvalue weighted by Gasteiger charge is -2.29. The third-order valence-electron chi connectivity index (χ3n) is 14.7. The number of ether oxygens (including phenoxy) is 2. The van der Waals surface area contributed by atoms with E-state index in [1.54, 1.807) is 21.3 Å². The number of hydrogen-bond acceptors (Lipinski definition) is 18. The first-order valence-corrected chi connectivity index (χ1v) is 28.6. The molecule has 0 spiro atoms. The summed E-state index contributed by atoms with van der Waals surface area (Å²) in [6.07, 6.45) is 13.6. The van der Waals surface area contributed by atoms with Crippen molar-refractivity contribution in [2.45, 2.75) is 120 Å². The Morgan fingerprint density at radius 1 is 0.680 bits per heavy atom. The second-order valence-electron chi connectivity index (χ2n) is 20.2. The van der Waals surface area contributed by atoms with Crippen molar-refractivity contribution in [1.82, 2.24) is 63.5 Å². The molecule has 0 aliphatic carbocycles. The monoisotopic (exact) mass is 1060 g/mol. The Morgan fingerprint density at radius 3 is 1.71 bits per heavy atom. The van der Waals surface area contributed by atoms with Gasteiger partial charge in [0, 0.05) is 141 Å². The highest BCUT2D eigenvalue weighted by Crippen LogP contribution is 2.34. The molecule has 23 nitrogen and oxygen atoms in total. The number of carbonyl (C=O) groups is 2. The first-order chi connectivity index (χ1) is 36.3. The average molecular weight is 1060 g/mol. The third kappa shape index (κ3) is 11.0. The van der Waals surface area contributed by atoms with Gasteiger partial charge in [0.1, 0.15) is 44.5 Å². The Bertz CT molecular complexity index is 3170. The molecule has 25 heteroatoms. The molecule has 2 atom stereocenters. The van der Waals surface area contributed by atoms with Crippen LogP contribution in [-0.4, -0.2) is 154 Å². The first kappa shape index (κ1) is 50.7. The minimum atomic E-state index is -1.09. The smallest absolute Gasteiger partial charge is 0.274 e. The highest BCUT2D eigenvalue weighted by atomic mass is 32.2. The molecule has 0 saturated carbocycles. The van der Waals surface area contributed by atoms with Gasteiger partial charge in [0.05, 0.1) is 64.0 Å². The lowest BCUT2D eigenvalue weighted by atomic mass is 10.1. The van der Waals surface area contributed by atoms with Crippen LogP contribution < -0.4 is 20.4 Å². The maximum absolute atomic E-state index is 13.2. The summed E-state index contributed by atoms with van der Waals surface area (Å²) in [6.45, 7) is 11.1. The van der Waals surface area contributed by atoms with Gasteiger partial charge < -0.3 is 43.9 Å². The van der Waals surface area contributed by atoms with Crippen molar-refractivity contribution in [1.29, 1.82) is 0 Å². The summed E-state index contributed by atoms with van der Waals surface area (Å²) >= 11 is 0. The molecule has 0 bridgehead atoms. The number of carbonyl (C=O) groups excluding carboxylic acids is 2. The number of ketones is 1. The lowest BCUT2D eigenvalue weighted by Crippen LogP contribution is -2.35. The minimum Gasteiger partial charge on any atom is -0.381 e. The van der Waals surface area contributed by atoms with E-state index < -0.39 is 21.6 Å². The molecular formula is C50H65N17O6S2. The van der Waals surface area contributed by atoms with Crippen molar-refractivity contribution < 1.29 is 27.5 Å². The zero-order valence-corrected chi connectivity index (χ0v) is 44.9. The second-order valence-corrected chi connectivity index (χ2v) is 23.2. The van der Waals surface area contributed by atoms with Gasteiger partial charge in [0.25, 0.3) is 5.91 Å². The van der Waals surface area contributed by atoms with Gasteiger partial charge in [-0.15, -0.1) is 0 Å². The van der Waals surface area contributed by atoms with Gasteiger partial charge in [0.2, 0.25) is 11.9 Å².